The Morgan fingerprint density at radius 1 is 1.04 bits per heavy atom. The molecule has 1 aromatic carbocycles. The van der Waals surface area contributed by atoms with Crippen molar-refractivity contribution in [2.24, 2.45) is 17.8 Å². The molecule has 0 spiro atoms. The Morgan fingerprint density at radius 3 is 2.22 bits per heavy atom. The van der Waals surface area contributed by atoms with Gasteiger partial charge in [0.2, 0.25) is 0 Å². The van der Waals surface area contributed by atoms with Gasteiger partial charge in [-0.1, -0.05) is 18.2 Å². The highest BCUT2D eigenvalue weighted by Gasteiger charge is 2.52. The highest BCUT2D eigenvalue weighted by atomic mass is 16.8. The van der Waals surface area contributed by atoms with Crippen LogP contribution in [-0.4, -0.2) is 20.2 Å². The van der Waals surface area contributed by atoms with Gasteiger partial charge in [0.05, 0.1) is 6.61 Å². The van der Waals surface area contributed by atoms with E-state index in [1.807, 2.05) is 6.92 Å². The zero-order valence-electron chi connectivity index (χ0n) is 14.3. The van der Waals surface area contributed by atoms with Crippen LogP contribution in [0.1, 0.15) is 51.0 Å². The third kappa shape index (κ3) is 2.78. The zero-order chi connectivity index (χ0) is 15.9. The minimum Gasteiger partial charge on any atom is -0.441 e. The van der Waals surface area contributed by atoms with E-state index >= 15 is 0 Å². The first-order valence-corrected chi connectivity index (χ1v) is 9.13. The fourth-order valence-corrected chi connectivity index (χ4v) is 5.84. The largest absolute Gasteiger partial charge is 0.441 e. The van der Waals surface area contributed by atoms with Crippen LogP contribution in [0.2, 0.25) is 0 Å². The molecule has 5 rings (SSSR count). The van der Waals surface area contributed by atoms with E-state index in [-0.39, 0.29) is 0 Å². The maximum Gasteiger partial charge on any atom is 0.315 e. The summed E-state index contributed by atoms with van der Waals surface area (Å²) in [6, 6.07) is 8.57. The first-order valence-electron chi connectivity index (χ1n) is 9.13. The summed E-state index contributed by atoms with van der Waals surface area (Å²) in [5.74, 6) is 3.74. The van der Waals surface area contributed by atoms with Crippen molar-refractivity contribution in [2.75, 3.05) is 13.7 Å². The van der Waals surface area contributed by atoms with Gasteiger partial charge in [-0.3, -0.25) is 0 Å². The molecule has 1 unspecified atom stereocenters. The summed E-state index contributed by atoms with van der Waals surface area (Å²) in [4.78, 5) is 0. The van der Waals surface area contributed by atoms with Gasteiger partial charge >= 0.3 is 6.48 Å². The molecule has 0 amide bonds. The van der Waals surface area contributed by atoms with Crippen LogP contribution in [0.5, 0.6) is 5.75 Å². The van der Waals surface area contributed by atoms with Crippen LogP contribution >= 0.6 is 0 Å². The molecule has 23 heavy (non-hydrogen) atoms. The number of hydrogen-bond acceptors (Lipinski definition) is 3. The minimum atomic E-state index is -0.616. The molecule has 4 saturated carbocycles. The summed E-state index contributed by atoms with van der Waals surface area (Å²) in [5, 5.41) is 0. The number of rotatable bonds is 6. The van der Waals surface area contributed by atoms with Gasteiger partial charge in [0.1, 0.15) is 5.75 Å². The van der Waals surface area contributed by atoms with Gasteiger partial charge in [0.15, 0.2) is 0 Å². The monoisotopic (exact) mass is 316 g/mol. The normalized spacial score (nSPS) is 36.2. The Hall–Kier alpha value is -1.06. The molecule has 0 saturated heterocycles. The van der Waals surface area contributed by atoms with Crippen molar-refractivity contribution in [3.63, 3.8) is 0 Å². The molecule has 4 aliphatic carbocycles. The average Bonchev–Trinajstić information content (AvgIpc) is 2.53. The average molecular weight is 316 g/mol. The van der Waals surface area contributed by atoms with Crippen LogP contribution in [0.15, 0.2) is 24.3 Å². The van der Waals surface area contributed by atoms with Gasteiger partial charge < -0.3 is 14.2 Å². The van der Waals surface area contributed by atoms with E-state index in [1.54, 1.807) is 7.11 Å². The van der Waals surface area contributed by atoms with Crippen LogP contribution in [0.25, 0.3) is 0 Å². The Morgan fingerprint density at radius 2 is 1.65 bits per heavy atom. The van der Waals surface area contributed by atoms with Crippen molar-refractivity contribution in [1.29, 1.82) is 0 Å². The Labute approximate surface area is 139 Å². The maximum absolute atomic E-state index is 6.08. The molecule has 126 valence electrons. The lowest BCUT2D eigenvalue weighted by atomic mass is 9.48. The lowest BCUT2D eigenvalue weighted by molar-refractivity contribution is -0.231. The highest BCUT2D eigenvalue weighted by molar-refractivity contribution is 5.41. The van der Waals surface area contributed by atoms with Crippen LogP contribution in [-0.2, 0) is 14.9 Å². The van der Waals surface area contributed by atoms with Gasteiger partial charge in [-0.05, 0) is 74.7 Å². The molecular formula is C20H28O3. The second-order valence-corrected chi connectivity index (χ2v) is 7.79. The van der Waals surface area contributed by atoms with Crippen molar-refractivity contribution in [3.05, 3.63) is 29.8 Å². The highest BCUT2D eigenvalue weighted by Crippen LogP contribution is 2.61. The summed E-state index contributed by atoms with van der Waals surface area (Å²) in [6.07, 6.45) is 8.40. The zero-order valence-corrected chi connectivity index (χ0v) is 14.3. The molecule has 0 N–H and O–H groups in total. The van der Waals surface area contributed by atoms with Crippen molar-refractivity contribution < 1.29 is 14.2 Å². The molecule has 4 aliphatic rings. The van der Waals surface area contributed by atoms with Crippen LogP contribution in [0, 0.1) is 17.8 Å². The quantitative estimate of drug-likeness (QED) is 0.723. The van der Waals surface area contributed by atoms with E-state index in [9.17, 15) is 0 Å². The maximum atomic E-state index is 6.08. The van der Waals surface area contributed by atoms with E-state index < -0.39 is 6.48 Å². The molecule has 0 aliphatic heterocycles. The predicted octanol–water partition coefficient (Wildman–Crippen LogP) is 4.50. The fourth-order valence-electron chi connectivity index (χ4n) is 5.84. The van der Waals surface area contributed by atoms with E-state index in [1.165, 1.54) is 44.1 Å². The van der Waals surface area contributed by atoms with Gasteiger partial charge in [-0.2, -0.15) is 0 Å². The molecule has 4 fully saturated rings. The van der Waals surface area contributed by atoms with Crippen LogP contribution in [0.3, 0.4) is 0 Å². The van der Waals surface area contributed by atoms with Gasteiger partial charge in [0.25, 0.3) is 0 Å². The van der Waals surface area contributed by atoms with Crippen LogP contribution < -0.4 is 4.74 Å². The topological polar surface area (TPSA) is 27.7 Å². The van der Waals surface area contributed by atoms with Crippen molar-refractivity contribution in [1.82, 2.24) is 0 Å². The smallest absolute Gasteiger partial charge is 0.315 e. The number of methoxy groups -OCH3 is 1. The predicted molar refractivity (Wildman–Crippen MR) is 89.3 cm³/mol. The SMILES string of the molecule is CCOC(OC)Oc1ccccc1C12CC3CC(CC(C3)C1)C2. The summed E-state index contributed by atoms with van der Waals surface area (Å²) in [6.45, 7) is 1.92. The fraction of sp³-hybridized carbons (Fsp3) is 0.700. The number of para-hydroxylation sites is 1. The van der Waals surface area contributed by atoms with E-state index in [2.05, 4.69) is 24.3 Å². The van der Waals surface area contributed by atoms with Crippen LogP contribution in [0.4, 0.5) is 0 Å². The van der Waals surface area contributed by atoms with Crippen molar-refractivity contribution in [2.45, 2.75) is 57.3 Å². The number of hydrogen-bond donors (Lipinski definition) is 0. The first kappa shape index (κ1) is 15.5. The summed E-state index contributed by atoms with van der Waals surface area (Å²) in [5.41, 5.74) is 1.72. The molecule has 3 nitrogen and oxygen atoms in total. The Bertz CT molecular complexity index is 518. The molecule has 3 heteroatoms. The van der Waals surface area contributed by atoms with E-state index in [4.69, 9.17) is 14.2 Å². The standard InChI is InChI=1S/C20H28O3/c1-3-22-19(21-2)23-18-7-5-4-6-17(18)20-11-14-8-15(12-20)10-16(9-14)13-20/h4-7,14-16,19H,3,8-13H2,1-2H3. The molecule has 1 aromatic rings. The molecule has 4 bridgehead atoms. The second-order valence-electron chi connectivity index (χ2n) is 7.79. The minimum absolute atomic E-state index is 0.329. The van der Waals surface area contributed by atoms with E-state index in [0.717, 1.165) is 23.5 Å². The Balaban J connectivity index is 1.64. The summed E-state index contributed by atoms with van der Waals surface area (Å²) >= 11 is 0. The molecule has 0 aromatic heterocycles. The lowest BCUT2D eigenvalue weighted by Crippen LogP contribution is -2.48. The second kappa shape index (κ2) is 6.10. The molecule has 0 radical (unpaired) electrons. The third-order valence-electron chi connectivity index (χ3n) is 6.22. The van der Waals surface area contributed by atoms with Gasteiger partial charge in [-0.25, -0.2) is 0 Å². The molecular weight excluding hydrogens is 288 g/mol. The molecule has 0 heterocycles. The lowest BCUT2D eigenvalue weighted by Gasteiger charge is -2.57. The Kier molecular flexibility index (Phi) is 4.10. The van der Waals surface area contributed by atoms with Crippen molar-refractivity contribution in [3.8, 4) is 5.75 Å². The van der Waals surface area contributed by atoms with E-state index in [0.29, 0.717) is 12.0 Å². The summed E-state index contributed by atoms with van der Waals surface area (Å²) in [7, 11) is 1.63. The summed E-state index contributed by atoms with van der Waals surface area (Å²) < 4.78 is 16.9. The first-order chi connectivity index (χ1) is 11.2. The number of ether oxygens (including phenoxy) is 3. The third-order valence-corrected chi connectivity index (χ3v) is 6.22. The molecule has 1 atom stereocenters. The van der Waals surface area contributed by atoms with Crippen molar-refractivity contribution >= 4 is 0 Å². The van der Waals surface area contributed by atoms with Gasteiger partial charge in [-0.15, -0.1) is 0 Å². The van der Waals surface area contributed by atoms with Gasteiger partial charge in [0, 0.05) is 12.7 Å². The number of benzene rings is 1.